The second-order valence-corrected chi connectivity index (χ2v) is 3.48. The number of benzene rings is 1. The fourth-order valence-electron chi connectivity index (χ4n) is 1.00. The Morgan fingerprint density at radius 1 is 1.47 bits per heavy atom. The molecule has 0 aliphatic rings. The third kappa shape index (κ3) is 3.16. The summed E-state index contributed by atoms with van der Waals surface area (Å²) in [6.07, 6.45) is 0.645. The predicted molar refractivity (Wildman–Crippen MR) is 60.8 cm³/mol. The molecule has 0 saturated heterocycles. The smallest absolute Gasteiger partial charge is 0.153 e. The van der Waals surface area contributed by atoms with Crippen molar-refractivity contribution in [3.8, 4) is 17.6 Å². The first kappa shape index (κ1) is 11.9. The maximum atomic E-state index is 10.7. The molecular weight excluding hydrogens is 235 g/mol. The van der Waals surface area contributed by atoms with Gasteiger partial charge in [0.05, 0.1) is 10.6 Å². The number of aldehydes is 1. The van der Waals surface area contributed by atoms with E-state index in [9.17, 15) is 4.79 Å². The van der Waals surface area contributed by atoms with E-state index in [1.54, 1.807) is 6.92 Å². The lowest BCUT2D eigenvalue weighted by atomic mass is 10.2. The highest BCUT2D eigenvalue weighted by Crippen LogP contribution is 2.31. The summed E-state index contributed by atoms with van der Waals surface area (Å²) in [5, 5.41) is 0.707. The van der Waals surface area contributed by atoms with Crippen molar-refractivity contribution >= 4 is 29.5 Å². The number of carbonyl (C=O) groups is 1. The monoisotopic (exact) mass is 242 g/mol. The Morgan fingerprint density at radius 2 is 2.20 bits per heavy atom. The van der Waals surface area contributed by atoms with E-state index < -0.39 is 0 Å². The molecule has 0 spiro atoms. The van der Waals surface area contributed by atoms with Gasteiger partial charge in [-0.15, -0.1) is 5.92 Å². The van der Waals surface area contributed by atoms with Crippen LogP contribution in [0.2, 0.25) is 10.0 Å². The first-order chi connectivity index (χ1) is 7.19. The molecule has 0 atom stereocenters. The zero-order valence-corrected chi connectivity index (χ0v) is 9.52. The van der Waals surface area contributed by atoms with E-state index in [0.717, 1.165) is 0 Å². The Kier molecular flexibility index (Phi) is 4.48. The summed E-state index contributed by atoms with van der Waals surface area (Å²) in [7, 11) is 0. The van der Waals surface area contributed by atoms with E-state index >= 15 is 0 Å². The van der Waals surface area contributed by atoms with Gasteiger partial charge in [0.2, 0.25) is 0 Å². The highest BCUT2D eigenvalue weighted by atomic mass is 35.5. The fraction of sp³-hybridized carbons (Fsp3) is 0.182. The molecule has 0 bridgehead atoms. The van der Waals surface area contributed by atoms with Crippen LogP contribution >= 0.6 is 23.2 Å². The number of halogens is 2. The van der Waals surface area contributed by atoms with Crippen LogP contribution < -0.4 is 4.74 Å². The lowest BCUT2D eigenvalue weighted by Crippen LogP contribution is -1.98. The lowest BCUT2D eigenvalue weighted by molar-refractivity contribution is 0.112. The van der Waals surface area contributed by atoms with Crippen LogP contribution in [-0.2, 0) is 0 Å². The van der Waals surface area contributed by atoms with Crippen LogP contribution in [0.4, 0.5) is 0 Å². The van der Waals surface area contributed by atoms with E-state index in [2.05, 4.69) is 11.8 Å². The van der Waals surface area contributed by atoms with E-state index in [1.807, 2.05) is 0 Å². The lowest BCUT2D eigenvalue weighted by Gasteiger charge is -2.07. The van der Waals surface area contributed by atoms with E-state index in [1.165, 1.54) is 12.1 Å². The van der Waals surface area contributed by atoms with Gasteiger partial charge in [-0.3, -0.25) is 4.79 Å². The quantitative estimate of drug-likeness (QED) is 0.601. The summed E-state index contributed by atoms with van der Waals surface area (Å²) >= 11 is 11.6. The van der Waals surface area contributed by atoms with Crippen molar-refractivity contribution < 1.29 is 9.53 Å². The molecular formula is C11H8Cl2O2. The van der Waals surface area contributed by atoms with Crippen LogP contribution in [0.5, 0.6) is 5.75 Å². The molecule has 0 aromatic heterocycles. The minimum absolute atomic E-state index is 0.193. The number of carbonyl (C=O) groups excluding carboxylic acids is 1. The summed E-state index contributed by atoms with van der Waals surface area (Å²) in [6, 6.07) is 3.01. The molecule has 0 fully saturated rings. The van der Waals surface area contributed by atoms with Crippen molar-refractivity contribution in [1.29, 1.82) is 0 Å². The number of rotatable bonds is 3. The van der Waals surface area contributed by atoms with E-state index in [-0.39, 0.29) is 6.61 Å². The van der Waals surface area contributed by atoms with Crippen molar-refractivity contribution in [2.24, 2.45) is 0 Å². The van der Waals surface area contributed by atoms with Gasteiger partial charge in [0.25, 0.3) is 0 Å². The van der Waals surface area contributed by atoms with Gasteiger partial charge in [-0.25, -0.2) is 0 Å². The average Bonchev–Trinajstić information content (AvgIpc) is 2.20. The van der Waals surface area contributed by atoms with Crippen molar-refractivity contribution in [3.63, 3.8) is 0 Å². The van der Waals surface area contributed by atoms with Gasteiger partial charge in [-0.05, 0) is 19.1 Å². The maximum absolute atomic E-state index is 10.7. The van der Waals surface area contributed by atoms with Crippen molar-refractivity contribution in [3.05, 3.63) is 27.7 Å². The topological polar surface area (TPSA) is 26.3 Å². The molecule has 0 aliphatic heterocycles. The standard InChI is InChI=1S/C11H8Cl2O2/c1-2-3-4-15-11-8(7-14)5-9(12)6-10(11)13/h5-7H,4H2,1H3. The highest BCUT2D eigenvalue weighted by molar-refractivity contribution is 6.36. The third-order valence-corrected chi connectivity index (χ3v) is 2.13. The summed E-state index contributed by atoms with van der Waals surface area (Å²) in [6.45, 7) is 1.89. The van der Waals surface area contributed by atoms with Crippen molar-refractivity contribution in [1.82, 2.24) is 0 Å². The maximum Gasteiger partial charge on any atom is 0.153 e. The summed E-state index contributed by atoms with van der Waals surface area (Å²) in [5.41, 5.74) is 0.324. The molecule has 15 heavy (non-hydrogen) atoms. The Balaban J connectivity index is 3.02. The minimum atomic E-state index is 0.193. The zero-order chi connectivity index (χ0) is 11.3. The second-order valence-electron chi connectivity index (χ2n) is 2.64. The molecule has 0 radical (unpaired) electrons. The first-order valence-corrected chi connectivity index (χ1v) is 4.91. The van der Waals surface area contributed by atoms with Gasteiger partial charge in [0, 0.05) is 5.02 Å². The molecule has 0 heterocycles. The number of ether oxygens (including phenoxy) is 1. The number of hydrogen-bond acceptors (Lipinski definition) is 2. The van der Waals surface area contributed by atoms with Gasteiger partial charge in [0.15, 0.2) is 6.29 Å². The third-order valence-electron chi connectivity index (χ3n) is 1.63. The van der Waals surface area contributed by atoms with Crippen LogP contribution in [0.1, 0.15) is 17.3 Å². The van der Waals surface area contributed by atoms with Crippen LogP contribution in [-0.4, -0.2) is 12.9 Å². The normalized spacial score (nSPS) is 9.00. The summed E-state index contributed by atoms with van der Waals surface area (Å²) < 4.78 is 5.26. The highest BCUT2D eigenvalue weighted by Gasteiger charge is 2.09. The molecule has 1 aromatic rings. The fourth-order valence-corrected chi connectivity index (χ4v) is 1.56. The molecule has 0 unspecified atom stereocenters. The molecule has 1 aromatic carbocycles. The largest absolute Gasteiger partial charge is 0.479 e. The molecule has 0 amide bonds. The molecule has 0 N–H and O–H groups in total. The zero-order valence-electron chi connectivity index (χ0n) is 8.01. The van der Waals surface area contributed by atoms with E-state index in [4.69, 9.17) is 27.9 Å². The van der Waals surface area contributed by atoms with Gasteiger partial charge in [-0.1, -0.05) is 29.1 Å². The Bertz CT molecular complexity index is 430. The minimum Gasteiger partial charge on any atom is -0.479 e. The molecule has 0 saturated carbocycles. The molecule has 1 rings (SSSR count). The van der Waals surface area contributed by atoms with Crippen LogP contribution in [0.15, 0.2) is 12.1 Å². The van der Waals surface area contributed by atoms with Crippen molar-refractivity contribution in [2.75, 3.05) is 6.61 Å². The molecule has 78 valence electrons. The average molecular weight is 243 g/mol. The predicted octanol–water partition coefficient (Wildman–Crippen LogP) is 3.21. The number of hydrogen-bond donors (Lipinski definition) is 0. The van der Waals surface area contributed by atoms with Gasteiger partial charge >= 0.3 is 0 Å². The molecule has 0 aliphatic carbocycles. The van der Waals surface area contributed by atoms with Crippen LogP contribution in [0.25, 0.3) is 0 Å². The van der Waals surface area contributed by atoms with Crippen LogP contribution in [0, 0.1) is 11.8 Å². The van der Waals surface area contributed by atoms with Gasteiger partial charge < -0.3 is 4.74 Å². The van der Waals surface area contributed by atoms with Gasteiger partial charge in [-0.2, -0.15) is 0 Å². The SMILES string of the molecule is CC#CCOc1c(Cl)cc(Cl)cc1C=O. The molecule has 2 nitrogen and oxygen atoms in total. The Morgan fingerprint density at radius 3 is 2.80 bits per heavy atom. The molecule has 4 heteroatoms. The first-order valence-electron chi connectivity index (χ1n) is 4.15. The van der Waals surface area contributed by atoms with E-state index in [0.29, 0.717) is 27.6 Å². The second kappa shape index (κ2) is 5.65. The summed E-state index contributed by atoms with van der Waals surface area (Å²) in [4.78, 5) is 10.7. The van der Waals surface area contributed by atoms with Gasteiger partial charge in [0.1, 0.15) is 12.4 Å². The summed E-state index contributed by atoms with van der Waals surface area (Å²) in [5.74, 6) is 5.70. The Hall–Kier alpha value is -1.17. The van der Waals surface area contributed by atoms with Crippen LogP contribution in [0.3, 0.4) is 0 Å². The van der Waals surface area contributed by atoms with Crippen molar-refractivity contribution in [2.45, 2.75) is 6.92 Å². The Labute approximate surface area is 98.1 Å².